The van der Waals surface area contributed by atoms with Crippen molar-refractivity contribution in [3.05, 3.63) is 0 Å². The summed E-state index contributed by atoms with van der Waals surface area (Å²) in [5.74, 6) is -0.0364. The molecule has 4 heteroatoms. The summed E-state index contributed by atoms with van der Waals surface area (Å²) in [4.78, 5) is 14.0. The molecule has 0 radical (unpaired) electrons. The fourth-order valence-electron chi connectivity index (χ4n) is 2.44. The van der Waals surface area contributed by atoms with Gasteiger partial charge in [-0.2, -0.15) is 0 Å². The lowest BCUT2D eigenvalue weighted by Crippen LogP contribution is -2.63. The van der Waals surface area contributed by atoms with Crippen LogP contribution in [-0.4, -0.2) is 49.7 Å². The van der Waals surface area contributed by atoms with Crippen LogP contribution >= 0.6 is 0 Å². The maximum atomic E-state index is 11.7. The molecule has 0 unspecified atom stereocenters. The summed E-state index contributed by atoms with van der Waals surface area (Å²) < 4.78 is 4.91. The Morgan fingerprint density at radius 2 is 2.00 bits per heavy atom. The number of methoxy groups -OCH3 is 1. The minimum atomic E-state index is -0.267. The lowest BCUT2D eigenvalue weighted by molar-refractivity contribution is -0.162. The molecule has 4 nitrogen and oxygen atoms in total. The first-order chi connectivity index (χ1) is 6.79. The van der Waals surface area contributed by atoms with Crippen LogP contribution in [0.5, 0.6) is 0 Å². The molecule has 1 N–H and O–H groups in total. The number of nitrogens with one attached hydrogen (secondary N) is 1. The minimum Gasteiger partial charge on any atom is -0.468 e. The highest BCUT2D eigenvalue weighted by Gasteiger charge is 2.50. The molecule has 2 fully saturated rings. The highest BCUT2D eigenvalue weighted by atomic mass is 16.5. The topological polar surface area (TPSA) is 41.6 Å². The first-order valence-corrected chi connectivity index (χ1v) is 5.34. The van der Waals surface area contributed by atoms with E-state index in [1.165, 1.54) is 7.11 Å². The van der Waals surface area contributed by atoms with Crippen LogP contribution in [0, 0.1) is 0 Å². The Labute approximate surface area is 84.6 Å². The van der Waals surface area contributed by atoms with Gasteiger partial charge in [-0.15, -0.1) is 0 Å². The van der Waals surface area contributed by atoms with Gasteiger partial charge in [-0.25, -0.2) is 0 Å². The van der Waals surface area contributed by atoms with E-state index in [2.05, 4.69) is 10.2 Å². The Kier molecular flexibility index (Phi) is 2.74. The molecule has 1 heterocycles. The van der Waals surface area contributed by atoms with E-state index < -0.39 is 0 Å². The van der Waals surface area contributed by atoms with Crippen LogP contribution in [0.1, 0.15) is 19.3 Å². The van der Waals surface area contributed by atoms with E-state index in [1.807, 2.05) is 0 Å². The lowest BCUT2D eigenvalue weighted by Gasteiger charge is -2.49. The van der Waals surface area contributed by atoms with Crippen molar-refractivity contribution in [1.82, 2.24) is 10.2 Å². The SMILES string of the molecule is COC(=O)C1(N2CCNCC2)CCC1. The number of hydrogen-bond acceptors (Lipinski definition) is 4. The van der Waals surface area contributed by atoms with E-state index in [0.717, 1.165) is 45.4 Å². The van der Waals surface area contributed by atoms with E-state index in [4.69, 9.17) is 4.74 Å². The van der Waals surface area contributed by atoms with Gasteiger partial charge in [0.2, 0.25) is 0 Å². The molecule has 0 bridgehead atoms. The highest BCUT2D eigenvalue weighted by molar-refractivity contribution is 5.82. The number of hydrogen-bond donors (Lipinski definition) is 1. The van der Waals surface area contributed by atoms with Gasteiger partial charge in [0.05, 0.1) is 7.11 Å². The second-order valence-corrected chi connectivity index (χ2v) is 4.11. The predicted molar refractivity (Wildman–Crippen MR) is 53.0 cm³/mol. The normalized spacial score (nSPS) is 26.6. The summed E-state index contributed by atoms with van der Waals surface area (Å²) in [7, 11) is 1.49. The van der Waals surface area contributed by atoms with E-state index >= 15 is 0 Å². The summed E-state index contributed by atoms with van der Waals surface area (Å²) in [5.41, 5.74) is -0.267. The molecule has 0 spiro atoms. The quantitative estimate of drug-likeness (QED) is 0.634. The van der Waals surface area contributed by atoms with Gasteiger partial charge in [-0.05, 0) is 19.3 Å². The van der Waals surface area contributed by atoms with Crippen molar-refractivity contribution >= 4 is 5.97 Å². The third kappa shape index (κ3) is 1.42. The van der Waals surface area contributed by atoms with Crippen LogP contribution in [0.3, 0.4) is 0 Å². The number of rotatable bonds is 2. The van der Waals surface area contributed by atoms with Crippen LogP contribution in [-0.2, 0) is 9.53 Å². The van der Waals surface area contributed by atoms with Crippen molar-refractivity contribution in [3.63, 3.8) is 0 Å². The third-order valence-electron chi connectivity index (χ3n) is 3.47. The second kappa shape index (κ2) is 3.87. The molecule has 1 aliphatic carbocycles. The Morgan fingerprint density at radius 1 is 1.36 bits per heavy atom. The molecular weight excluding hydrogens is 180 g/mol. The monoisotopic (exact) mass is 198 g/mol. The number of ether oxygens (including phenoxy) is 1. The molecule has 2 rings (SSSR count). The van der Waals surface area contributed by atoms with E-state index in [0.29, 0.717) is 0 Å². The second-order valence-electron chi connectivity index (χ2n) is 4.11. The fourth-order valence-corrected chi connectivity index (χ4v) is 2.44. The molecule has 1 saturated carbocycles. The lowest BCUT2D eigenvalue weighted by atomic mass is 9.75. The van der Waals surface area contributed by atoms with Gasteiger partial charge in [-0.1, -0.05) is 0 Å². The highest BCUT2D eigenvalue weighted by Crippen LogP contribution is 2.38. The van der Waals surface area contributed by atoms with Crippen molar-refractivity contribution in [1.29, 1.82) is 0 Å². The zero-order chi connectivity index (χ0) is 10.0. The van der Waals surface area contributed by atoms with Crippen LogP contribution in [0.15, 0.2) is 0 Å². The number of nitrogens with zero attached hydrogens (tertiary/aromatic N) is 1. The van der Waals surface area contributed by atoms with E-state index in [1.54, 1.807) is 0 Å². The van der Waals surface area contributed by atoms with E-state index in [-0.39, 0.29) is 11.5 Å². The Hall–Kier alpha value is -0.610. The molecule has 14 heavy (non-hydrogen) atoms. The Morgan fingerprint density at radius 3 is 2.43 bits per heavy atom. The largest absolute Gasteiger partial charge is 0.468 e. The molecule has 0 aromatic rings. The average molecular weight is 198 g/mol. The molecule has 0 atom stereocenters. The zero-order valence-corrected chi connectivity index (χ0v) is 8.71. The smallest absolute Gasteiger partial charge is 0.326 e. The summed E-state index contributed by atoms with van der Waals surface area (Å²) >= 11 is 0. The van der Waals surface area contributed by atoms with Crippen LogP contribution < -0.4 is 5.32 Å². The van der Waals surface area contributed by atoms with Gasteiger partial charge in [0, 0.05) is 26.2 Å². The molecule has 1 aliphatic heterocycles. The minimum absolute atomic E-state index is 0.0364. The van der Waals surface area contributed by atoms with Crippen molar-refractivity contribution < 1.29 is 9.53 Å². The molecule has 0 amide bonds. The maximum Gasteiger partial charge on any atom is 0.326 e. The van der Waals surface area contributed by atoms with Crippen LogP contribution in [0.2, 0.25) is 0 Å². The van der Waals surface area contributed by atoms with E-state index in [9.17, 15) is 4.79 Å². The fraction of sp³-hybridized carbons (Fsp3) is 0.900. The number of carbonyl (C=O) groups is 1. The maximum absolute atomic E-state index is 11.7. The molecule has 2 aliphatic rings. The molecule has 0 aromatic carbocycles. The molecule has 1 saturated heterocycles. The molecular formula is C10H18N2O2. The number of esters is 1. The Bertz CT molecular complexity index is 220. The zero-order valence-electron chi connectivity index (χ0n) is 8.71. The van der Waals surface area contributed by atoms with Gasteiger partial charge in [0.25, 0.3) is 0 Å². The number of carbonyl (C=O) groups excluding carboxylic acids is 1. The first-order valence-electron chi connectivity index (χ1n) is 5.34. The number of piperazine rings is 1. The van der Waals surface area contributed by atoms with Crippen molar-refractivity contribution in [2.75, 3.05) is 33.3 Å². The van der Waals surface area contributed by atoms with Gasteiger partial charge in [0.15, 0.2) is 0 Å². The van der Waals surface area contributed by atoms with Gasteiger partial charge < -0.3 is 10.1 Å². The molecule has 0 aromatic heterocycles. The standard InChI is InChI=1S/C10H18N2O2/c1-14-9(13)10(3-2-4-10)12-7-5-11-6-8-12/h11H,2-8H2,1H3. The summed E-state index contributed by atoms with van der Waals surface area (Å²) in [5, 5.41) is 3.30. The van der Waals surface area contributed by atoms with Crippen LogP contribution in [0.4, 0.5) is 0 Å². The molecule has 80 valence electrons. The van der Waals surface area contributed by atoms with Gasteiger partial charge in [0.1, 0.15) is 5.54 Å². The first kappa shape index (κ1) is 9.93. The Balaban J connectivity index is 2.06. The summed E-state index contributed by atoms with van der Waals surface area (Å²) in [6, 6.07) is 0. The summed E-state index contributed by atoms with van der Waals surface area (Å²) in [6.07, 6.45) is 3.10. The van der Waals surface area contributed by atoms with Gasteiger partial charge in [-0.3, -0.25) is 9.69 Å². The predicted octanol–water partition coefficient (Wildman–Crippen LogP) is -0.0127. The van der Waals surface area contributed by atoms with Crippen molar-refractivity contribution in [2.24, 2.45) is 0 Å². The van der Waals surface area contributed by atoms with Crippen LogP contribution in [0.25, 0.3) is 0 Å². The van der Waals surface area contributed by atoms with Crippen molar-refractivity contribution in [3.8, 4) is 0 Å². The summed E-state index contributed by atoms with van der Waals surface area (Å²) in [6.45, 7) is 3.90. The average Bonchev–Trinajstić information content (AvgIpc) is 2.17. The third-order valence-corrected chi connectivity index (χ3v) is 3.47. The van der Waals surface area contributed by atoms with Gasteiger partial charge >= 0.3 is 5.97 Å². The van der Waals surface area contributed by atoms with Crippen molar-refractivity contribution in [2.45, 2.75) is 24.8 Å².